The van der Waals surface area contributed by atoms with Crippen LogP contribution >= 0.6 is 0 Å². The Bertz CT molecular complexity index is 1170. The van der Waals surface area contributed by atoms with E-state index in [0.29, 0.717) is 24.1 Å². The Labute approximate surface area is 244 Å². The van der Waals surface area contributed by atoms with E-state index in [9.17, 15) is 32.7 Å². The summed E-state index contributed by atoms with van der Waals surface area (Å²) in [6.07, 6.45) is -3.96. The fourth-order valence-corrected chi connectivity index (χ4v) is 5.74. The third kappa shape index (κ3) is 9.43. The predicted molar refractivity (Wildman–Crippen MR) is 151 cm³/mol. The second-order valence-corrected chi connectivity index (χ2v) is 18.8. The number of halogens is 3. The number of hydrogen-bond donors (Lipinski definition) is 1. The van der Waals surface area contributed by atoms with Gasteiger partial charge in [0.25, 0.3) is 5.56 Å². The number of amides is 1. The zero-order valence-corrected chi connectivity index (χ0v) is 26.2. The number of likely N-dealkylation sites (tertiary alicyclic amines) is 1. The van der Waals surface area contributed by atoms with E-state index in [-0.39, 0.29) is 45.1 Å². The summed E-state index contributed by atoms with van der Waals surface area (Å²) in [6, 6.07) is 0.293. The summed E-state index contributed by atoms with van der Waals surface area (Å²) >= 11 is 0. The van der Waals surface area contributed by atoms with Gasteiger partial charge in [-0.1, -0.05) is 19.6 Å². The van der Waals surface area contributed by atoms with Gasteiger partial charge in [-0.3, -0.25) is 9.59 Å². The molecule has 0 saturated carbocycles. The number of anilines is 1. The van der Waals surface area contributed by atoms with Crippen molar-refractivity contribution in [3.8, 4) is 0 Å². The molecule has 11 nitrogen and oxygen atoms in total. The molecule has 2 aliphatic rings. The number of ether oxygens (including phenoxy) is 3. The van der Waals surface area contributed by atoms with Crippen LogP contribution in [0.4, 0.5) is 23.7 Å². The van der Waals surface area contributed by atoms with Crippen LogP contribution in [0.2, 0.25) is 25.7 Å². The summed E-state index contributed by atoms with van der Waals surface area (Å²) < 4.78 is 60.2. The maximum atomic E-state index is 14.2. The van der Waals surface area contributed by atoms with Crippen LogP contribution in [0.15, 0.2) is 11.0 Å². The molecule has 2 aliphatic heterocycles. The first-order valence-electron chi connectivity index (χ1n) is 14.2. The smallest absolute Gasteiger partial charge is 0.423 e. The van der Waals surface area contributed by atoms with E-state index in [0.717, 1.165) is 12.2 Å². The summed E-state index contributed by atoms with van der Waals surface area (Å²) in [6.45, 7) is 11.8. The number of nitrogens with zero attached hydrogens (tertiary/aromatic N) is 4. The molecule has 15 heteroatoms. The van der Waals surface area contributed by atoms with Gasteiger partial charge in [0.1, 0.15) is 17.9 Å². The van der Waals surface area contributed by atoms with Gasteiger partial charge < -0.3 is 29.1 Å². The topological polar surface area (TPSA) is 123 Å². The number of carboxylic acid groups (broad SMARTS) is 1. The van der Waals surface area contributed by atoms with Crippen molar-refractivity contribution in [2.24, 2.45) is 5.92 Å². The molecular weight excluding hydrogens is 577 g/mol. The lowest BCUT2D eigenvalue weighted by atomic mass is 9.96. The third-order valence-electron chi connectivity index (χ3n) is 7.14. The van der Waals surface area contributed by atoms with Gasteiger partial charge in [0, 0.05) is 27.8 Å². The van der Waals surface area contributed by atoms with Crippen molar-refractivity contribution in [3.63, 3.8) is 0 Å². The number of alkyl halides is 3. The molecule has 0 radical (unpaired) electrons. The van der Waals surface area contributed by atoms with Crippen molar-refractivity contribution < 1.29 is 42.1 Å². The minimum absolute atomic E-state index is 0.0145. The predicted octanol–water partition coefficient (Wildman–Crippen LogP) is 4.27. The molecule has 3 heterocycles. The molecule has 0 aromatic carbocycles. The van der Waals surface area contributed by atoms with Crippen molar-refractivity contribution in [2.45, 2.75) is 96.4 Å². The molecule has 42 heavy (non-hydrogen) atoms. The van der Waals surface area contributed by atoms with Crippen LogP contribution in [0.5, 0.6) is 0 Å². The van der Waals surface area contributed by atoms with Crippen LogP contribution in [0.1, 0.15) is 45.6 Å². The zero-order chi connectivity index (χ0) is 31.5. The molecule has 1 aromatic heterocycles. The maximum Gasteiger partial charge on any atom is 0.423 e. The highest BCUT2D eigenvalue weighted by molar-refractivity contribution is 6.76. The van der Waals surface area contributed by atoms with Gasteiger partial charge in [0.15, 0.2) is 0 Å². The average Bonchev–Trinajstić information content (AvgIpc) is 3.32. The molecule has 0 bridgehead atoms. The first kappa shape index (κ1) is 33.8. The molecule has 1 N–H and O–H groups in total. The van der Waals surface area contributed by atoms with E-state index in [1.807, 2.05) is 0 Å². The first-order chi connectivity index (χ1) is 19.4. The zero-order valence-electron chi connectivity index (χ0n) is 25.2. The Balaban J connectivity index is 1.74. The second kappa shape index (κ2) is 13.3. The largest absolute Gasteiger partial charge is 0.481 e. The normalized spacial score (nSPS) is 22.0. The maximum absolute atomic E-state index is 14.2. The second-order valence-electron chi connectivity index (χ2n) is 13.2. The molecule has 0 spiro atoms. The highest BCUT2D eigenvalue weighted by Crippen LogP contribution is 2.37. The van der Waals surface area contributed by atoms with E-state index in [4.69, 9.17) is 14.2 Å². The Morgan fingerprint density at radius 2 is 1.86 bits per heavy atom. The molecule has 238 valence electrons. The number of carbonyl (C=O) groups excluding carboxylic acids is 1. The average molecular weight is 621 g/mol. The summed E-state index contributed by atoms with van der Waals surface area (Å²) in [5.74, 6) is -1.96. The molecule has 3 atom stereocenters. The van der Waals surface area contributed by atoms with E-state index >= 15 is 0 Å². The lowest BCUT2D eigenvalue weighted by molar-refractivity contribution is -0.146. The monoisotopic (exact) mass is 620 g/mol. The van der Waals surface area contributed by atoms with E-state index in [1.54, 1.807) is 20.8 Å². The first-order valence-corrected chi connectivity index (χ1v) is 17.9. The number of carbonyl (C=O) groups is 2. The molecular formula is C27H43F3N4O7Si. The molecule has 1 amide bonds. The van der Waals surface area contributed by atoms with Crippen LogP contribution < -0.4 is 10.5 Å². The summed E-state index contributed by atoms with van der Waals surface area (Å²) in [5.41, 5.74) is -3.67. The van der Waals surface area contributed by atoms with Gasteiger partial charge in [-0.15, -0.1) is 0 Å². The number of carboxylic acids is 1. The molecule has 0 aliphatic carbocycles. The van der Waals surface area contributed by atoms with Gasteiger partial charge in [-0.25, -0.2) is 9.48 Å². The molecule has 2 unspecified atom stereocenters. The number of rotatable bonds is 10. The van der Waals surface area contributed by atoms with Crippen LogP contribution in [0.3, 0.4) is 0 Å². The van der Waals surface area contributed by atoms with Crippen molar-refractivity contribution in [2.75, 3.05) is 37.7 Å². The Morgan fingerprint density at radius 3 is 2.45 bits per heavy atom. The number of piperidine rings is 1. The third-order valence-corrected chi connectivity index (χ3v) is 8.85. The quantitative estimate of drug-likeness (QED) is 0.302. The highest BCUT2D eigenvalue weighted by Gasteiger charge is 2.42. The van der Waals surface area contributed by atoms with Gasteiger partial charge in [-0.05, 0) is 46.1 Å². The van der Waals surface area contributed by atoms with E-state index in [1.165, 1.54) is 9.80 Å². The Morgan fingerprint density at radius 1 is 1.17 bits per heavy atom. The number of aromatic nitrogens is 2. The highest BCUT2D eigenvalue weighted by atomic mass is 28.3. The fraction of sp³-hybridized carbons (Fsp3) is 0.778. The number of hydrogen-bond acceptors (Lipinski definition) is 8. The minimum atomic E-state index is -4.92. The van der Waals surface area contributed by atoms with Crippen LogP contribution in [-0.2, 0) is 31.9 Å². The van der Waals surface area contributed by atoms with Gasteiger partial charge >= 0.3 is 18.2 Å². The van der Waals surface area contributed by atoms with Gasteiger partial charge in [-0.2, -0.15) is 18.3 Å². The van der Waals surface area contributed by atoms with Crippen molar-refractivity contribution in [1.82, 2.24) is 14.7 Å². The molecule has 2 saturated heterocycles. The molecule has 2 fully saturated rings. The van der Waals surface area contributed by atoms with Crippen molar-refractivity contribution >= 4 is 25.8 Å². The number of aliphatic carboxylic acids is 1. The van der Waals surface area contributed by atoms with Crippen LogP contribution in [0.25, 0.3) is 0 Å². The SMILES string of the molecule is CC(C)(C)OC(=O)N1CC(OC[C@@H]2CCCN2c2cnn(COCC[Si](C)(C)C)c(=O)c2C(F)(F)F)CC(C(=O)O)C1. The van der Waals surface area contributed by atoms with Crippen molar-refractivity contribution in [3.05, 3.63) is 22.1 Å². The van der Waals surface area contributed by atoms with E-state index < -0.39 is 61.1 Å². The van der Waals surface area contributed by atoms with Crippen LogP contribution in [-0.4, -0.2) is 90.5 Å². The van der Waals surface area contributed by atoms with Crippen molar-refractivity contribution in [1.29, 1.82) is 0 Å². The minimum Gasteiger partial charge on any atom is -0.481 e. The van der Waals surface area contributed by atoms with Gasteiger partial charge in [0.05, 0.1) is 43.1 Å². The Kier molecular flexibility index (Phi) is 10.7. The molecule has 1 aromatic rings. The Hall–Kier alpha value is -2.65. The van der Waals surface area contributed by atoms with Crippen LogP contribution in [0, 0.1) is 5.92 Å². The summed E-state index contributed by atoms with van der Waals surface area (Å²) in [5, 5.41) is 13.6. The van der Waals surface area contributed by atoms with E-state index in [2.05, 4.69) is 24.7 Å². The fourth-order valence-electron chi connectivity index (χ4n) is 4.99. The standard InChI is InChI=1S/C27H43F3N4O7Si/c1-26(2,3)41-25(38)32-14-18(24(36)37)12-20(15-32)40-16-19-8-7-9-33(19)21-13-31-34(17-39-10-11-42(4,5)6)23(35)22(21)27(28,29)30/h13,18-20H,7-12,14-17H2,1-6H3,(H,36,37)/t18?,19-,20?/m0/s1. The summed E-state index contributed by atoms with van der Waals surface area (Å²) in [4.78, 5) is 40.1. The van der Waals surface area contributed by atoms with Gasteiger partial charge in [0.2, 0.25) is 0 Å². The lowest BCUT2D eigenvalue weighted by Crippen LogP contribution is -2.51. The lowest BCUT2D eigenvalue weighted by Gasteiger charge is -2.37. The summed E-state index contributed by atoms with van der Waals surface area (Å²) in [7, 11) is -1.42. The molecule has 3 rings (SSSR count).